The zero-order valence-corrected chi connectivity index (χ0v) is 11.4. The van der Waals surface area contributed by atoms with Crippen LogP contribution >= 0.6 is 0 Å². The molecule has 0 bridgehead atoms. The summed E-state index contributed by atoms with van der Waals surface area (Å²) in [6.07, 6.45) is 0. The summed E-state index contributed by atoms with van der Waals surface area (Å²) >= 11 is 0. The van der Waals surface area contributed by atoms with E-state index in [-0.39, 0.29) is 41.6 Å². The van der Waals surface area contributed by atoms with Gasteiger partial charge in [-0.05, 0) is 11.5 Å². The summed E-state index contributed by atoms with van der Waals surface area (Å²) < 4.78 is 30.6. The molecule has 2 rings (SSSR count). The Balaban J connectivity index is 0.00000128. The van der Waals surface area contributed by atoms with Crippen LogP contribution in [0.3, 0.4) is 0 Å². The first kappa shape index (κ1) is 13.5. The topological polar surface area (TPSA) is 74.6 Å². The van der Waals surface area contributed by atoms with Gasteiger partial charge in [0.25, 0.3) is 10.1 Å². The number of rotatable bonds is 1. The van der Waals surface area contributed by atoms with Crippen molar-refractivity contribution < 1.29 is 49.1 Å². The van der Waals surface area contributed by atoms with Gasteiger partial charge < -0.3 is 6.53 Å². The van der Waals surface area contributed by atoms with E-state index < -0.39 is 10.1 Å². The van der Waals surface area contributed by atoms with Crippen LogP contribution in [0.15, 0.2) is 41.3 Å². The Bertz CT molecular complexity index is 627. The molecule has 2 N–H and O–H groups in total. The summed E-state index contributed by atoms with van der Waals surface area (Å²) in [6.45, 7) is 0. The molecule has 0 radical (unpaired) electrons. The minimum Gasteiger partial charge on any atom is -1.00 e. The summed E-state index contributed by atoms with van der Waals surface area (Å²) in [6, 6.07) is 9.11. The third-order valence-electron chi connectivity index (χ3n) is 2.11. The quantitative estimate of drug-likeness (QED) is 0.496. The van der Waals surface area contributed by atoms with Crippen LogP contribution in [-0.2, 0) is 10.1 Å². The van der Waals surface area contributed by atoms with Gasteiger partial charge in [-0.25, -0.2) is 0 Å². The van der Waals surface area contributed by atoms with Crippen LogP contribution in [0, 0.1) is 0 Å². The summed E-state index contributed by atoms with van der Waals surface area (Å²) in [5, 5.41) is 10.6. The molecule has 0 aliphatic carbocycles. The number of fused-ring (bicyclic) bond motifs is 1. The number of hydrogen-bond acceptors (Lipinski definition) is 3. The van der Waals surface area contributed by atoms with E-state index in [1.165, 1.54) is 6.07 Å². The molecule has 80 valence electrons. The van der Waals surface area contributed by atoms with Crippen molar-refractivity contribution in [3.63, 3.8) is 0 Å². The average Bonchev–Trinajstić information content (AvgIpc) is 2.16. The molecular formula is C10H9NaO4S. The molecule has 0 amide bonds. The van der Waals surface area contributed by atoms with Crippen molar-refractivity contribution in [1.29, 1.82) is 0 Å². The van der Waals surface area contributed by atoms with Gasteiger partial charge in [0.1, 0.15) is 5.75 Å². The Morgan fingerprint density at radius 1 is 1.12 bits per heavy atom. The van der Waals surface area contributed by atoms with E-state index in [1.807, 2.05) is 0 Å². The minimum atomic E-state index is -4.28. The van der Waals surface area contributed by atoms with Crippen LogP contribution in [0.25, 0.3) is 10.8 Å². The summed E-state index contributed by atoms with van der Waals surface area (Å²) in [5.74, 6) is -0.166. The van der Waals surface area contributed by atoms with Gasteiger partial charge in [0.2, 0.25) is 0 Å². The van der Waals surface area contributed by atoms with Crippen molar-refractivity contribution in [2.75, 3.05) is 0 Å². The largest absolute Gasteiger partial charge is 1.00 e. The van der Waals surface area contributed by atoms with E-state index in [9.17, 15) is 13.5 Å². The van der Waals surface area contributed by atoms with E-state index in [2.05, 4.69) is 0 Å². The van der Waals surface area contributed by atoms with Gasteiger partial charge in [-0.15, -0.1) is 0 Å². The van der Waals surface area contributed by atoms with Gasteiger partial charge in [0.15, 0.2) is 0 Å². The third kappa shape index (κ3) is 2.56. The maximum absolute atomic E-state index is 10.9. The predicted octanol–water partition coefficient (Wildman–Crippen LogP) is -1.09. The molecule has 16 heavy (non-hydrogen) atoms. The van der Waals surface area contributed by atoms with Gasteiger partial charge in [0.05, 0.1) is 4.90 Å². The zero-order chi connectivity index (χ0) is 11.1. The van der Waals surface area contributed by atoms with Crippen LogP contribution in [0.1, 0.15) is 1.43 Å². The molecule has 0 aliphatic rings. The number of aromatic hydroxyl groups is 1. The van der Waals surface area contributed by atoms with Crippen LogP contribution < -0.4 is 29.6 Å². The van der Waals surface area contributed by atoms with Gasteiger partial charge in [-0.2, -0.15) is 8.42 Å². The smallest absolute Gasteiger partial charge is 1.00 e. The molecule has 0 unspecified atom stereocenters. The fourth-order valence-electron chi connectivity index (χ4n) is 1.41. The fourth-order valence-corrected chi connectivity index (χ4v) is 1.95. The molecule has 0 heterocycles. The van der Waals surface area contributed by atoms with Gasteiger partial charge in [-0.3, -0.25) is 4.55 Å². The summed E-state index contributed by atoms with van der Waals surface area (Å²) in [5.41, 5.74) is 0. The molecule has 2 aromatic carbocycles. The Morgan fingerprint density at radius 3 is 2.38 bits per heavy atom. The molecule has 0 aromatic heterocycles. The van der Waals surface area contributed by atoms with Gasteiger partial charge in [-0.1, -0.05) is 24.3 Å². The SMILES string of the molecule is O=S(=O)(O)c1cc(O)c2ccccc2c1.[H-].[Na+]. The Morgan fingerprint density at radius 2 is 1.75 bits per heavy atom. The van der Waals surface area contributed by atoms with E-state index in [1.54, 1.807) is 24.3 Å². The van der Waals surface area contributed by atoms with Crippen LogP contribution in [-0.4, -0.2) is 18.1 Å². The summed E-state index contributed by atoms with van der Waals surface area (Å²) in [7, 11) is -4.28. The van der Waals surface area contributed by atoms with Crippen molar-refractivity contribution in [3.8, 4) is 5.75 Å². The molecule has 0 atom stereocenters. The first-order valence-corrected chi connectivity index (χ1v) is 5.62. The standard InChI is InChI=1S/C10H8O4S.Na.H/c11-10-6-8(15(12,13)14)5-7-3-1-2-4-9(7)10;;/h1-6,11H,(H,12,13,14);;/q;+1;-1. The summed E-state index contributed by atoms with van der Waals surface area (Å²) in [4.78, 5) is -0.307. The van der Waals surface area contributed by atoms with Crippen molar-refractivity contribution in [2.45, 2.75) is 4.90 Å². The fraction of sp³-hybridized carbons (Fsp3) is 0. The maximum atomic E-state index is 10.9. The number of hydrogen-bond donors (Lipinski definition) is 2. The van der Waals surface area contributed by atoms with Crippen molar-refractivity contribution >= 4 is 20.9 Å². The molecule has 0 saturated carbocycles. The Labute approximate surface area is 116 Å². The molecule has 2 aromatic rings. The number of phenolic OH excluding ortho intramolecular Hbond substituents is 1. The van der Waals surface area contributed by atoms with Gasteiger partial charge >= 0.3 is 29.6 Å². The zero-order valence-electron chi connectivity index (χ0n) is 9.58. The van der Waals surface area contributed by atoms with Crippen molar-refractivity contribution in [1.82, 2.24) is 0 Å². The third-order valence-corrected chi connectivity index (χ3v) is 2.94. The van der Waals surface area contributed by atoms with Crippen LogP contribution in [0.2, 0.25) is 0 Å². The van der Waals surface area contributed by atoms with E-state index in [4.69, 9.17) is 4.55 Å². The molecular weight excluding hydrogens is 239 g/mol. The van der Waals surface area contributed by atoms with Crippen molar-refractivity contribution in [3.05, 3.63) is 36.4 Å². The second-order valence-electron chi connectivity index (χ2n) is 3.14. The monoisotopic (exact) mass is 248 g/mol. The van der Waals surface area contributed by atoms with E-state index in [0.717, 1.165) is 6.07 Å². The molecule has 4 nitrogen and oxygen atoms in total. The Hall–Kier alpha value is -0.590. The first-order valence-electron chi connectivity index (χ1n) is 4.18. The maximum Gasteiger partial charge on any atom is 1.00 e. The molecule has 0 spiro atoms. The minimum absolute atomic E-state index is 0. The number of phenols is 1. The average molecular weight is 248 g/mol. The number of benzene rings is 2. The molecule has 0 saturated heterocycles. The predicted molar refractivity (Wildman–Crippen MR) is 56.5 cm³/mol. The normalized spacial score (nSPS) is 11.1. The Kier molecular flexibility index (Phi) is 3.98. The van der Waals surface area contributed by atoms with E-state index in [0.29, 0.717) is 10.8 Å². The van der Waals surface area contributed by atoms with E-state index >= 15 is 0 Å². The van der Waals surface area contributed by atoms with Gasteiger partial charge in [0, 0.05) is 11.5 Å². The first-order chi connectivity index (χ1) is 6.98. The molecule has 0 fully saturated rings. The van der Waals surface area contributed by atoms with Crippen LogP contribution in [0.5, 0.6) is 5.75 Å². The molecule has 0 aliphatic heterocycles. The van der Waals surface area contributed by atoms with Crippen molar-refractivity contribution in [2.24, 2.45) is 0 Å². The second kappa shape index (κ2) is 4.73. The molecule has 6 heteroatoms. The van der Waals surface area contributed by atoms with Crippen LogP contribution in [0.4, 0.5) is 0 Å². The second-order valence-corrected chi connectivity index (χ2v) is 4.56.